The highest BCUT2D eigenvalue weighted by molar-refractivity contribution is 5.81. The predicted octanol–water partition coefficient (Wildman–Crippen LogP) is 2.13. The molecule has 3 N–H and O–H groups in total. The van der Waals surface area contributed by atoms with Crippen LogP contribution in [0.15, 0.2) is 24.3 Å². The number of aromatic nitrogens is 1. The van der Waals surface area contributed by atoms with Gasteiger partial charge in [-0.3, -0.25) is 4.79 Å². The number of carbonyl (C=O) groups is 1. The number of nitrogen functional groups attached to an aromatic ring is 1. The van der Waals surface area contributed by atoms with E-state index in [1.54, 1.807) is 0 Å². The fraction of sp³-hybridized carbons (Fsp3) is 0. The molecule has 0 amide bonds. The number of carbonyl (C=O) groups excluding carboxylic acids is 1. The van der Waals surface area contributed by atoms with Crippen molar-refractivity contribution in [1.29, 1.82) is 0 Å². The summed E-state index contributed by atoms with van der Waals surface area (Å²) in [6.07, 6.45) is 0.328. The van der Waals surface area contributed by atoms with E-state index in [-0.39, 0.29) is 28.4 Å². The topological polar surface area (TPSA) is 76.2 Å². The molecule has 0 aliphatic rings. The van der Waals surface area contributed by atoms with Crippen molar-refractivity contribution < 1.29 is 18.7 Å². The Hall–Kier alpha value is -2.50. The highest BCUT2D eigenvalue weighted by Gasteiger charge is 2.13. The lowest BCUT2D eigenvalue weighted by Crippen LogP contribution is -1.98. The Morgan fingerprint density at radius 2 is 1.94 bits per heavy atom. The van der Waals surface area contributed by atoms with Gasteiger partial charge in [0.25, 0.3) is 0 Å². The largest absolute Gasteiger partial charge is 0.507 e. The second-order valence-corrected chi connectivity index (χ2v) is 3.57. The predicted molar refractivity (Wildman–Crippen MR) is 61.1 cm³/mol. The first-order chi connectivity index (χ1) is 8.52. The number of phenols is 1. The van der Waals surface area contributed by atoms with Gasteiger partial charge in [0.2, 0.25) is 0 Å². The molecule has 0 aliphatic heterocycles. The minimum absolute atomic E-state index is 0.0650. The lowest BCUT2D eigenvalue weighted by Gasteiger charge is -2.06. The Bertz CT molecular complexity index is 630. The van der Waals surface area contributed by atoms with Crippen LogP contribution in [0.5, 0.6) is 5.75 Å². The number of benzene rings is 1. The maximum Gasteiger partial charge on any atom is 0.165 e. The lowest BCUT2D eigenvalue weighted by atomic mass is 10.1. The van der Waals surface area contributed by atoms with Crippen LogP contribution in [0.3, 0.4) is 0 Å². The van der Waals surface area contributed by atoms with Crippen molar-refractivity contribution in [3.8, 4) is 17.0 Å². The summed E-state index contributed by atoms with van der Waals surface area (Å²) in [4.78, 5) is 14.2. The van der Waals surface area contributed by atoms with Gasteiger partial charge in [0.15, 0.2) is 17.9 Å². The third-order valence-electron chi connectivity index (χ3n) is 2.39. The van der Waals surface area contributed by atoms with E-state index in [1.807, 2.05) is 0 Å². The summed E-state index contributed by atoms with van der Waals surface area (Å²) in [5.41, 5.74) is 5.10. The third-order valence-corrected chi connectivity index (χ3v) is 2.39. The molecule has 1 aromatic heterocycles. The third kappa shape index (κ3) is 2.00. The second kappa shape index (κ2) is 4.40. The van der Waals surface area contributed by atoms with Crippen LogP contribution in [-0.2, 0) is 0 Å². The molecule has 0 unspecified atom stereocenters. The highest BCUT2D eigenvalue weighted by Crippen LogP contribution is 2.28. The molecule has 0 saturated heterocycles. The molecule has 0 spiro atoms. The summed E-state index contributed by atoms with van der Waals surface area (Å²) in [5.74, 6) is -2.22. The van der Waals surface area contributed by atoms with E-state index in [9.17, 15) is 18.7 Å². The number of phenolic OH excluding ortho intramolecular Hbond substituents is 1. The minimum atomic E-state index is -0.756. The molecule has 1 heterocycles. The Labute approximate surface area is 101 Å². The number of halogens is 2. The van der Waals surface area contributed by atoms with Gasteiger partial charge >= 0.3 is 0 Å². The first-order valence-electron chi connectivity index (χ1n) is 4.93. The fourth-order valence-electron chi connectivity index (χ4n) is 1.48. The van der Waals surface area contributed by atoms with Gasteiger partial charge in [-0.25, -0.2) is 13.8 Å². The van der Waals surface area contributed by atoms with E-state index < -0.39 is 11.6 Å². The summed E-state index contributed by atoms with van der Waals surface area (Å²) in [6, 6.07) is 4.18. The van der Waals surface area contributed by atoms with Crippen molar-refractivity contribution in [2.45, 2.75) is 0 Å². The zero-order valence-electron chi connectivity index (χ0n) is 9.02. The molecule has 0 atom stereocenters. The number of pyridine rings is 1. The van der Waals surface area contributed by atoms with E-state index in [2.05, 4.69) is 4.98 Å². The van der Waals surface area contributed by atoms with Gasteiger partial charge in [0.05, 0.1) is 11.3 Å². The van der Waals surface area contributed by atoms with Crippen LogP contribution in [0, 0.1) is 11.6 Å². The van der Waals surface area contributed by atoms with Gasteiger partial charge in [-0.2, -0.15) is 0 Å². The first kappa shape index (κ1) is 12.0. The first-order valence-corrected chi connectivity index (χ1v) is 4.93. The number of hydrogen-bond donors (Lipinski definition) is 2. The van der Waals surface area contributed by atoms with Crippen molar-refractivity contribution >= 4 is 12.1 Å². The zero-order valence-corrected chi connectivity index (χ0v) is 9.02. The number of nitrogens with zero attached hydrogens (tertiary/aromatic N) is 1. The van der Waals surface area contributed by atoms with Gasteiger partial charge in [-0.05, 0) is 24.3 Å². The van der Waals surface area contributed by atoms with Crippen molar-refractivity contribution in [3.63, 3.8) is 0 Å². The molecule has 2 rings (SSSR count). The Kier molecular flexibility index (Phi) is 2.93. The van der Waals surface area contributed by atoms with Gasteiger partial charge in [0, 0.05) is 5.56 Å². The molecule has 1 aromatic carbocycles. The smallest absolute Gasteiger partial charge is 0.165 e. The maximum absolute atomic E-state index is 13.7. The number of nitrogens with two attached hydrogens (primary N) is 1. The summed E-state index contributed by atoms with van der Waals surface area (Å²) in [6.45, 7) is 0. The summed E-state index contributed by atoms with van der Waals surface area (Å²) >= 11 is 0. The number of hydrogen-bond acceptors (Lipinski definition) is 4. The fourth-order valence-corrected chi connectivity index (χ4v) is 1.48. The maximum atomic E-state index is 13.7. The van der Waals surface area contributed by atoms with Crippen molar-refractivity contribution in [1.82, 2.24) is 4.98 Å². The quantitative estimate of drug-likeness (QED) is 0.800. The van der Waals surface area contributed by atoms with Gasteiger partial charge in [-0.1, -0.05) is 0 Å². The van der Waals surface area contributed by atoms with Gasteiger partial charge in [0.1, 0.15) is 11.6 Å². The highest BCUT2D eigenvalue weighted by atomic mass is 19.1. The lowest BCUT2D eigenvalue weighted by molar-refractivity contribution is 0.112. The average Bonchev–Trinajstić information content (AvgIpc) is 2.35. The minimum Gasteiger partial charge on any atom is -0.507 e. The molecule has 6 heteroatoms. The zero-order chi connectivity index (χ0) is 13.3. The molecule has 0 aliphatic carbocycles. The Morgan fingerprint density at radius 3 is 2.56 bits per heavy atom. The number of aldehydes is 1. The Balaban J connectivity index is 2.60. The van der Waals surface area contributed by atoms with Gasteiger partial charge in [-0.15, -0.1) is 0 Å². The van der Waals surface area contributed by atoms with Crippen molar-refractivity contribution in [2.24, 2.45) is 0 Å². The molecule has 0 fully saturated rings. The van der Waals surface area contributed by atoms with E-state index in [0.717, 1.165) is 18.2 Å². The normalized spacial score (nSPS) is 10.3. The van der Waals surface area contributed by atoms with Crippen LogP contribution in [0.4, 0.5) is 14.6 Å². The average molecular weight is 250 g/mol. The molecule has 4 nitrogen and oxygen atoms in total. The molecule has 0 saturated carbocycles. The monoisotopic (exact) mass is 250 g/mol. The molecular weight excluding hydrogens is 242 g/mol. The second-order valence-electron chi connectivity index (χ2n) is 3.57. The van der Waals surface area contributed by atoms with Crippen LogP contribution < -0.4 is 5.73 Å². The van der Waals surface area contributed by atoms with Crippen LogP contribution in [-0.4, -0.2) is 16.4 Å². The number of rotatable bonds is 2. The molecule has 18 heavy (non-hydrogen) atoms. The van der Waals surface area contributed by atoms with Crippen LogP contribution >= 0.6 is 0 Å². The van der Waals surface area contributed by atoms with Crippen molar-refractivity contribution in [3.05, 3.63) is 41.5 Å². The number of aromatic hydroxyl groups is 1. The van der Waals surface area contributed by atoms with Gasteiger partial charge < -0.3 is 10.8 Å². The molecular formula is C12H8F2N2O2. The van der Waals surface area contributed by atoms with Crippen LogP contribution in [0.25, 0.3) is 11.3 Å². The molecule has 2 aromatic rings. The van der Waals surface area contributed by atoms with Crippen molar-refractivity contribution in [2.75, 3.05) is 5.73 Å². The summed E-state index contributed by atoms with van der Waals surface area (Å²) < 4.78 is 26.6. The van der Waals surface area contributed by atoms with Crippen LogP contribution in [0.2, 0.25) is 0 Å². The Morgan fingerprint density at radius 1 is 1.22 bits per heavy atom. The van der Waals surface area contributed by atoms with E-state index in [0.29, 0.717) is 6.29 Å². The summed E-state index contributed by atoms with van der Waals surface area (Å²) in [5, 5.41) is 9.47. The van der Waals surface area contributed by atoms with Crippen LogP contribution in [0.1, 0.15) is 10.4 Å². The number of anilines is 1. The van der Waals surface area contributed by atoms with E-state index >= 15 is 0 Å². The molecule has 0 bridgehead atoms. The molecule has 92 valence electrons. The summed E-state index contributed by atoms with van der Waals surface area (Å²) in [7, 11) is 0. The van der Waals surface area contributed by atoms with E-state index in [4.69, 9.17) is 5.73 Å². The van der Waals surface area contributed by atoms with E-state index in [1.165, 1.54) is 6.07 Å². The SMILES string of the molecule is Nc1nc(-c2cc(O)c(C=O)cc2F)ccc1F. The molecule has 0 radical (unpaired) electrons. The standard InChI is InChI=1S/C12H8F2N2O2/c13-8-1-2-10(16-12(8)15)7-4-11(18)6(5-17)3-9(7)14/h1-5,18H,(H2,15,16).